The van der Waals surface area contributed by atoms with Crippen LogP contribution in [-0.4, -0.2) is 11.9 Å². The SMILES string of the molecule is Fc1c(F)c(F)c(OCC2(CBr)CCC2)c(F)c1F. The molecular formula is C12H10BrF5O. The van der Waals surface area contributed by atoms with Crippen LogP contribution >= 0.6 is 15.9 Å². The molecule has 0 bridgehead atoms. The molecule has 0 spiro atoms. The number of hydrogen-bond donors (Lipinski definition) is 0. The molecule has 0 radical (unpaired) electrons. The average molecular weight is 345 g/mol. The summed E-state index contributed by atoms with van der Waals surface area (Å²) in [5, 5.41) is 0.551. The van der Waals surface area contributed by atoms with Gasteiger partial charge in [-0.3, -0.25) is 0 Å². The number of alkyl halides is 1. The van der Waals surface area contributed by atoms with Gasteiger partial charge in [0, 0.05) is 10.7 Å². The van der Waals surface area contributed by atoms with Crippen molar-refractivity contribution in [2.24, 2.45) is 5.41 Å². The third-order valence-corrected chi connectivity index (χ3v) is 4.58. The van der Waals surface area contributed by atoms with Crippen molar-refractivity contribution in [2.75, 3.05) is 11.9 Å². The first-order valence-electron chi connectivity index (χ1n) is 5.62. The van der Waals surface area contributed by atoms with Crippen molar-refractivity contribution in [3.63, 3.8) is 0 Å². The fourth-order valence-electron chi connectivity index (χ4n) is 1.93. The van der Waals surface area contributed by atoms with Gasteiger partial charge in [0.15, 0.2) is 5.75 Å². The Morgan fingerprint density at radius 1 is 0.895 bits per heavy atom. The summed E-state index contributed by atoms with van der Waals surface area (Å²) in [4.78, 5) is 0. The van der Waals surface area contributed by atoms with Crippen LogP contribution < -0.4 is 4.74 Å². The Morgan fingerprint density at radius 3 is 1.74 bits per heavy atom. The molecule has 1 aliphatic rings. The maximum Gasteiger partial charge on any atom is 0.206 e. The van der Waals surface area contributed by atoms with Crippen LogP contribution in [0.15, 0.2) is 0 Å². The van der Waals surface area contributed by atoms with Gasteiger partial charge in [-0.2, -0.15) is 8.78 Å². The van der Waals surface area contributed by atoms with E-state index < -0.39 is 34.8 Å². The highest BCUT2D eigenvalue weighted by molar-refractivity contribution is 9.09. The normalized spacial score (nSPS) is 17.2. The minimum atomic E-state index is -2.18. The highest BCUT2D eigenvalue weighted by Crippen LogP contribution is 2.43. The highest BCUT2D eigenvalue weighted by Gasteiger charge is 2.38. The Kier molecular flexibility index (Phi) is 4.03. The van der Waals surface area contributed by atoms with Crippen molar-refractivity contribution in [1.82, 2.24) is 0 Å². The molecule has 1 saturated carbocycles. The molecule has 0 N–H and O–H groups in total. The molecule has 0 amide bonds. The minimum absolute atomic E-state index is 0.0867. The maximum absolute atomic E-state index is 13.3. The van der Waals surface area contributed by atoms with E-state index in [0.29, 0.717) is 5.33 Å². The second kappa shape index (κ2) is 5.26. The lowest BCUT2D eigenvalue weighted by molar-refractivity contribution is 0.0771. The lowest BCUT2D eigenvalue weighted by Gasteiger charge is -2.39. The van der Waals surface area contributed by atoms with Crippen molar-refractivity contribution >= 4 is 15.9 Å². The maximum atomic E-state index is 13.3. The van der Waals surface area contributed by atoms with Gasteiger partial charge in [0.2, 0.25) is 29.1 Å². The zero-order valence-corrected chi connectivity index (χ0v) is 11.3. The predicted octanol–water partition coefficient (Wildman–Crippen LogP) is 4.33. The van der Waals surface area contributed by atoms with Crippen LogP contribution in [0.1, 0.15) is 19.3 Å². The summed E-state index contributed by atoms with van der Waals surface area (Å²) in [5.74, 6) is -11.2. The van der Waals surface area contributed by atoms with Crippen LogP contribution in [-0.2, 0) is 0 Å². The molecule has 0 saturated heterocycles. The van der Waals surface area contributed by atoms with Gasteiger partial charge >= 0.3 is 0 Å². The van der Waals surface area contributed by atoms with Crippen LogP contribution in [0.5, 0.6) is 5.75 Å². The first-order chi connectivity index (χ1) is 8.92. The molecule has 1 aromatic rings. The zero-order valence-electron chi connectivity index (χ0n) is 9.71. The topological polar surface area (TPSA) is 9.23 Å². The van der Waals surface area contributed by atoms with Crippen molar-refractivity contribution in [1.29, 1.82) is 0 Å². The van der Waals surface area contributed by atoms with E-state index in [1.165, 1.54) is 0 Å². The summed E-state index contributed by atoms with van der Waals surface area (Å²) in [6.07, 6.45) is 2.52. The molecule has 0 atom stereocenters. The third kappa shape index (κ3) is 2.44. The number of hydrogen-bond acceptors (Lipinski definition) is 1. The summed E-state index contributed by atoms with van der Waals surface area (Å²) < 4.78 is 70.3. The molecular weight excluding hydrogens is 335 g/mol. The van der Waals surface area contributed by atoms with Crippen LogP contribution in [0, 0.1) is 34.5 Å². The quantitative estimate of drug-likeness (QED) is 0.342. The molecule has 0 aliphatic heterocycles. The Balaban J connectivity index is 2.25. The van der Waals surface area contributed by atoms with Crippen molar-refractivity contribution in [3.05, 3.63) is 29.1 Å². The number of halogens is 6. The predicted molar refractivity (Wildman–Crippen MR) is 61.8 cm³/mol. The second-order valence-corrected chi connectivity index (χ2v) is 5.24. The Hall–Kier alpha value is -0.850. The van der Waals surface area contributed by atoms with Gasteiger partial charge in [-0.25, -0.2) is 13.2 Å². The average Bonchev–Trinajstić information content (AvgIpc) is 2.36. The molecule has 0 heterocycles. The largest absolute Gasteiger partial charge is 0.487 e. The van der Waals surface area contributed by atoms with Gasteiger partial charge in [0.1, 0.15) is 0 Å². The summed E-state index contributed by atoms with van der Waals surface area (Å²) in [5.41, 5.74) is -0.291. The van der Waals surface area contributed by atoms with E-state index >= 15 is 0 Å². The lowest BCUT2D eigenvalue weighted by Crippen LogP contribution is -2.37. The van der Waals surface area contributed by atoms with E-state index in [2.05, 4.69) is 15.9 Å². The van der Waals surface area contributed by atoms with Crippen LogP contribution in [0.3, 0.4) is 0 Å². The molecule has 7 heteroatoms. The van der Waals surface area contributed by atoms with E-state index in [4.69, 9.17) is 4.74 Å². The van der Waals surface area contributed by atoms with Crippen molar-refractivity contribution in [3.8, 4) is 5.75 Å². The number of ether oxygens (including phenoxy) is 1. The fourth-order valence-corrected chi connectivity index (χ4v) is 2.65. The molecule has 1 aliphatic carbocycles. The molecule has 19 heavy (non-hydrogen) atoms. The number of benzene rings is 1. The van der Waals surface area contributed by atoms with Crippen molar-refractivity contribution in [2.45, 2.75) is 19.3 Å². The summed E-state index contributed by atoms with van der Waals surface area (Å²) in [7, 11) is 0. The zero-order chi connectivity index (χ0) is 14.2. The molecule has 106 valence electrons. The van der Waals surface area contributed by atoms with Gasteiger partial charge in [-0.05, 0) is 12.8 Å². The lowest BCUT2D eigenvalue weighted by atomic mass is 9.71. The molecule has 0 aromatic heterocycles. The molecule has 1 aromatic carbocycles. The monoisotopic (exact) mass is 344 g/mol. The van der Waals surface area contributed by atoms with Crippen LogP contribution in [0.4, 0.5) is 22.0 Å². The smallest absolute Gasteiger partial charge is 0.206 e. The number of rotatable bonds is 4. The summed E-state index contributed by atoms with van der Waals surface area (Å²) in [6.45, 7) is -0.0867. The van der Waals surface area contributed by atoms with Gasteiger partial charge in [0.25, 0.3) is 0 Å². The molecule has 1 nitrogen and oxygen atoms in total. The first kappa shape index (κ1) is 14.6. The molecule has 2 rings (SSSR count). The van der Waals surface area contributed by atoms with Crippen molar-refractivity contribution < 1.29 is 26.7 Å². The van der Waals surface area contributed by atoms with Crippen LogP contribution in [0.25, 0.3) is 0 Å². The third-order valence-electron chi connectivity index (χ3n) is 3.39. The van der Waals surface area contributed by atoms with Gasteiger partial charge in [-0.1, -0.05) is 22.4 Å². The van der Waals surface area contributed by atoms with E-state index in [0.717, 1.165) is 19.3 Å². The highest BCUT2D eigenvalue weighted by atomic mass is 79.9. The van der Waals surface area contributed by atoms with E-state index in [9.17, 15) is 22.0 Å². The fraction of sp³-hybridized carbons (Fsp3) is 0.500. The summed E-state index contributed by atoms with van der Waals surface area (Å²) in [6, 6.07) is 0. The van der Waals surface area contributed by atoms with E-state index in [1.807, 2.05) is 0 Å². The first-order valence-corrected chi connectivity index (χ1v) is 6.74. The van der Waals surface area contributed by atoms with E-state index in [-0.39, 0.29) is 12.0 Å². The Morgan fingerprint density at radius 2 is 1.37 bits per heavy atom. The molecule has 1 fully saturated rings. The minimum Gasteiger partial charge on any atom is -0.487 e. The Bertz CT molecular complexity index is 467. The van der Waals surface area contributed by atoms with Gasteiger partial charge < -0.3 is 4.74 Å². The van der Waals surface area contributed by atoms with Gasteiger partial charge in [-0.15, -0.1) is 0 Å². The van der Waals surface area contributed by atoms with Gasteiger partial charge in [0.05, 0.1) is 6.61 Å². The Labute approximate surface area is 114 Å². The molecule has 0 unspecified atom stereocenters. The summed E-state index contributed by atoms with van der Waals surface area (Å²) >= 11 is 3.26. The standard InChI is InChI=1S/C12H10BrF5O/c13-4-12(2-1-3-12)5-19-11-9(17)7(15)6(14)8(16)10(11)18/h1-5H2. The van der Waals surface area contributed by atoms with Crippen LogP contribution in [0.2, 0.25) is 0 Å². The van der Waals surface area contributed by atoms with E-state index in [1.54, 1.807) is 0 Å². The second-order valence-electron chi connectivity index (χ2n) is 4.67.